The van der Waals surface area contributed by atoms with Crippen LogP contribution in [0.4, 0.5) is 28.4 Å². The Balaban J connectivity index is 1.39. The first-order valence-corrected chi connectivity index (χ1v) is 11.9. The molecule has 0 atom stereocenters. The van der Waals surface area contributed by atoms with E-state index in [1.54, 1.807) is 0 Å². The molecule has 0 amide bonds. The molecule has 2 heterocycles. The van der Waals surface area contributed by atoms with Gasteiger partial charge in [-0.05, 0) is 67.0 Å². The second-order valence-electron chi connectivity index (χ2n) is 7.89. The molecule has 0 bridgehead atoms. The Morgan fingerprint density at radius 3 is 1.82 bits per heavy atom. The van der Waals surface area contributed by atoms with Crippen LogP contribution < -0.4 is 9.80 Å². The lowest BCUT2D eigenvalue weighted by molar-refractivity contribution is 0.999. The van der Waals surface area contributed by atoms with Gasteiger partial charge in [-0.1, -0.05) is 54.6 Å². The summed E-state index contributed by atoms with van der Waals surface area (Å²) >= 11 is 1.44. The largest absolute Gasteiger partial charge is 0.338 e. The molecule has 0 radical (unpaired) electrons. The van der Waals surface area contributed by atoms with Gasteiger partial charge in [0.25, 0.3) is 0 Å². The van der Waals surface area contributed by atoms with Crippen molar-refractivity contribution in [2.24, 2.45) is 0 Å². The van der Waals surface area contributed by atoms with E-state index in [9.17, 15) is 0 Å². The van der Waals surface area contributed by atoms with Crippen LogP contribution >= 0.6 is 11.5 Å². The second-order valence-corrected chi connectivity index (χ2v) is 8.64. The van der Waals surface area contributed by atoms with Gasteiger partial charge in [0.05, 0.1) is 22.7 Å². The number of para-hydroxylation sites is 4. The van der Waals surface area contributed by atoms with E-state index in [1.165, 1.54) is 34.3 Å². The summed E-state index contributed by atoms with van der Waals surface area (Å²) in [5.41, 5.74) is 8.04. The molecule has 0 fully saturated rings. The van der Waals surface area contributed by atoms with Crippen molar-refractivity contribution in [2.45, 2.75) is 6.92 Å². The Bertz CT molecular complexity index is 1360. The van der Waals surface area contributed by atoms with Gasteiger partial charge in [0, 0.05) is 23.4 Å². The maximum Gasteiger partial charge on any atom is 0.173 e. The number of nitrogens with zero attached hydrogens (tertiary/aromatic N) is 4. The number of hydrogen-bond acceptors (Lipinski definition) is 5. The number of anilines is 5. The molecule has 0 N–H and O–H groups in total. The third-order valence-electron chi connectivity index (χ3n) is 5.97. The highest BCUT2D eigenvalue weighted by Gasteiger charge is 2.28. The summed E-state index contributed by atoms with van der Waals surface area (Å²) in [6, 6.07) is 35.9. The fourth-order valence-corrected chi connectivity index (χ4v) is 5.13. The van der Waals surface area contributed by atoms with E-state index in [2.05, 4.69) is 106 Å². The second kappa shape index (κ2) is 8.19. The average Bonchev–Trinajstić information content (AvgIpc) is 3.38. The standard InChI is InChI=1S/C28H22N4S/c1-2-31-23-12-6-8-14-25(23)32(26-15-9-7-13-24(26)31)22-18-16-20(17-19-22)27-29-28(33-30-27)21-10-4-3-5-11-21/h3-19H,2H2,1H3. The summed E-state index contributed by atoms with van der Waals surface area (Å²) in [6.45, 7) is 3.11. The summed E-state index contributed by atoms with van der Waals surface area (Å²) in [5, 5.41) is 0.938. The molecule has 4 nitrogen and oxygen atoms in total. The van der Waals surface area contributed by atoms with E-state index in [0.29, 0.717) is 0 Å². The minimum atomic E-state index is 0.766. The number of hydrogen-bond donors (Lipinski definition) is 0. The van der Waals surface area contributed by atoms with Crippen LogP contribution in [0.15, 0.2) is 103 Å². The lowest BCUT2D eigenvalue weighted by Gasteiger charge is -2.39. The third kappa shape index (κ3) is 3.38. The van der Waals surface area contributed by atoms with E-state index in [1.807, 2.05) is 18.2 Å². The van der Waals surface area contributed by atoms with Gasteiger partial charge in [0.1, 0.15) is 5.01 Å². The molecule has 0 spiro atoms. The SMILES string of the molecule is CCN1c2ccccc2N(c2ccc(-c3nsc(-c4ccccc4)n3)cc2)c2ccccc21. The zero-order chi connectivity index (χ0) is 22.2. The molecule has 0 saturated heterocycles. The quantitative estimate of drug-likeness (QED) is 0.282. The van der Waals surface area contributed by atoms with Crippen molar-refractivity contribution in [3.05, 3.63) is 103 Å². The monoisotopic (exact) mass is 446 g/mol. The first-order valence-electron chi connectivity index (χ1n) is 11.1. The summed E-state index contributed by atoms with van der Waals surface area (Å²) in [6.07, 6.45) is 0. The molecule has 4 aromatic carbocycles. The van der Waals surface area contributed by atoms with Crippen molar-refractivity contribution in [3.63, 3.8) is 0 Å². The molecule has 1 aliphatic rings. The molecule has 6 rings (SSSR count). The number of benzene rings is 4. The fourth-order valence-electron chi connectivity index (χ4n) is 4.44. The van der Waals surface area contributed by atoms with Gasteiger partial charge in [-0.3, -0.25) is 0 Å². The number of fused-ring (bicyclic) bond motifs is 2. The van der Waals surface area contributed by atoms with E-state index < -0.39 is 0 Å². The molecule has 160 valence electrons. The summed E-state index contributed by atoms with van der Waals surface area (Å²) < 4.78 is 4.61. The van der Waals surface area contributed by atoms with E-state index in [4.69, 9.17) is 4.98 Å². The zero-order valence-electron chi connectivity index (χ0n) is 18.2. The highest BCUT2D eigenvalue weighted by Crippen LogP contribution is 2.51. The third-order valence-corrected chi connectivity index (χ3v) is 6.74. The molecule has 33 heavy (non-hydrogen) atoms. The van der Waals surface area contributed by atoms with Crippen molar-refractivity contribution < 1.29 is 0 Å². The lowest BCUT2D eigenvalue weighted by atomic mass is 10.1. The fraction of sp³-hybridized carbons (Fsp3) is 0.0714. The van der Waals surface area contributed by atoms with Gasteiger partial charge < -0.3 is 9.80 Å². The van der Waals surface area contributed by atoms with Gasteiger partial charge in [-0.25, -0.2) is 4.98 Å². The van der Waals surface area contributed by atoms with Gasteiger partial charge in [0.15, 0.2) is 5.82 Å². The highest BCUT2D eigenvalue weighted by molar-refractivity contribution is 7.09. The Hall–Kier alpha value is -3.96. The van der Waals surface area contributed by atoms with Crippen molar-refractivity contribution in [3.8, 4) is 22.0 Å². The van der Waals surface area contributed by atoms with Crippen LogP contribution in [0.3, 0.4) is 0 Å². The maximum atomic E-state index is 4.77. The Morgan fingerprint density at radius 1 is 0.636 bits per heavy atom. The normalized spacial score (nSPS) is 12.4. The predicted molar refractivity (Wildman–Crippen MR) is 138 cm³/mol. The topological polar surface area (TPSA) is 32.3 Å². The molecular weight excluding hydrogens is 424 g/mol. The first kappa shape index (κ1) is 19.7. The average molecular weight is 447 g/mol. The van der Waals surface area contributed by atoms with Crippen molar-refractivity contribution in [1.82, 2.24) is 9.36 Å². The number of rotatable bonds is 4. The molecular formula is C28H22N4S. The van der Waals surface area contributed by atoms with E-state index in [-0.39, 0.29) is 0 Å². The van der Waals surface area contributed by atoms with Gasteiger partial charge >= 0.3 is 0 Å². The minimum Gasteiger partial charge on any atom is -0.338 e. The Kier molecular flexibility index (Phi) is 4.89. The molecule has 1 aliphatic heterocycles. The van der Waals surface area contributed by atoms with Crippen LogP contribution in [-0.2, 0) is 0 Å². The molecule has 1 aromatic heterocycles. The lowest BCUT2D eigenvalue weighted by Crippen LogP contribution is -2.26. The van der Waals surface area contributed by atoms with Crippen LogP contribution in [0.2, 0.25) is 0 Å². The maximum absolute atomic E-state index is 4.77. The van der Waals surface area contributed by atoms with E-state index >= 15 is 0 Å². The molecule has 5 aromatic rings. The van der Waals surface area contributed by atoms with Crippen molar-refractivity contribution in [2.75, 3.05) is 16.3 Å². The van der Waals surface area contributed by atoms with Crippen LogP contribution in [0.1, 0.15) is 6.92 Å². The summed E-state index contributed by atoms with van der Waals surface area (Å²) in [4.78, 5) is 9.49. The highest BCUT2D eigenvalue weighted by atomic mass is 32.1. The van der Waals surface area contributed by atoms with Crippen LogP contribution in [0.5, 0.6) is 0 Å². The van der Waals surface area contributed by atoms with Gasteiger partial charge in [-0.15, -0.1) is 0 Å². The molecule has 0 unspecified atom stereocenters. The van der Waals surface area contributed by atoms with E-state index in [0.717, 1.165) is 34.2 Å². The van der Waals surface area contributed by atoms with Crippen molar-refractivity contribution >= 4 is 40.0 Å². The predicted octanol–water partition coefficient (Wildman–Crippen LogP) is 7.81. The molecule has 0 saturated carbocycles. The Morgan fingerprint density at radius 2 is 1.21 bits per heavy atom. The van der Waals surface area contributed by atoms with Crippen LogP contribution in [0.25, 0.3) is 22.0 Å². The molecule has 5 heteroatoms. The summed E-state index contributed by atoms with van der Waals surface area (Å²) in [5.74, 6) is 0.766. The first-order chi connectivity index (χ1) is 16.3. The number of aromatic nitrogens is 2. The van der Waals surface area contributed by atoms with Crippen molar-refractivity contribution in [1.29, 1.82) is 0 Å². The zero-order valence-corrected chi connectivity index (χ0v) is 19.0. The van der Waals surface area contributed by atoms with Crippen LogP contribution in [-0.4, -0.2) is 15.9 Å². The smallest absolute Gasteiger partial charge is 0.173 e. The summed E-state index contributed by atoms with van der Waals surface area (Å²) in [7, 11) is 0. The Labute approximate surface area is 197 Å². The van der Waals surface area contributed by atoms with Crippen LogP contribution in [0, 0.1) is 0 Å². The van der Waals surface area contributed by atoms with Gasteiger partial charge in [0.2, 0.25) is 0 Å². The minimum absolute atomic E-state index is 0.766. The molecule has 0 aliphatic carbocycles. The van der Waals surface area contributed by atoms with Gasteiger partial charge in [-0.2, -0.15) is 4.37 Å².